The summed E-state index contributed by atoms with van der Waals surface area (Å²) < 4.78 is 19.0. The number of fused-ring (bicyclic) bond motifs is 5. The summed E-state index contributed by atoms with van der Waals surface area (Å²) in [5.41, 5.74) is -0.396. The van der Waals surface area contributed by atoms with Gasteiger partial charge < -0.3 is 29.3 Å². The average molecular weight is 566 g/mol. The average Bonchev–Trinajstić information content (AvgIpc) is 3.29. The number of aliphatic hydroxyl groups excluding tert-OH is 1. The van der Waals surface area contributed by atoms with Crippen LogP contribution >= 0.6 is 0 Å². The van der Waals surface area contributed by atoms with Gasteiger partial charge in [-0.05, 0) is 73.5 Å². The van der Waals surface area contributed by atoms with Crippen LogP contribution in [0.2, 0.25) is 0 Å². The van der Waals surface area contributed by atoms with Gasteiger partial charge >= 0.3 is 6.09 Å². The van der Waals surface area contributed by atoms with Crippen LogP contribution in [0.25, 0.3) is 0 Å². The molecule has 0 aromatic heterocycles. The number of benzene rings is 1. The predicted molar refractivity (Wildman–Crippen MR) is 156 cm³/mol. The Bertz CT molecular complexity index is 1300. The van der Waals surface area contributed by atoms with Gasteiger partial charge in [-0.3, -0.25) is 0 Å². The lowest BCUT2D eigenvalue weighted by Crippen LogP contribution is -2.69. The van der Waals surface area contributed by atoms with Gasteiger partial charge in [-0.25, -0.2) is 4.79 Å². The monoisotopic (exact) mass is 565 g/mol. The molecule has 2 N–H and O–H groups in total. The van der Waals surface area contributed by atoms with Gasteiger partial charge in [0.2, 0.25) is 0 Å². The summed E-state index contributed by atoms with van der Waals surface area (Å²) in [7, 11) is 1.72. The molecule has 10 unspecified atom stereocenters. The quantitative estimate of drug-likeness (QED) is 0.462. The van der Waals surface area contributed by atoms with E-state index in [1.54, 1.807) is 11.9 Å². The van der Waals surface area contributed by atoms with Crippen molar-refractivity contribution in [1.82, 2.24) is 4.90 Å². The van der Waals surface area contributed by atoms with Gasteiger partial charge in [-0.2, -0.15) is 0 Å². The second kappa shape index (κ2) is 8.91. The largest absolute Gasteiger partial charge is 0.438 e. The van der Waals surface area contributed by atoms with Gasteiger partial charge in [-0.15, -0.1) is 0 Å². The van der Waals surface area contributed by atoms with Crippen molar-refractivity contribution in [3.63, 3.8) is 0 Å². The summed E-state index contributed by atoms with van der Waals surface area (Å²) in [4.78, 5) is 15.3. The maximum atomic E-state index is 13.8. The first kappa shape index (κ1) is 28.9. The third-order valence-electron chi connectivity index (χ3n) is 12.3. The number of carbonyl (C=O) groups excluding carboxylic acids is 1. The van der Waals surface area contributed by atoms with Crippen molar-refractivity contribution in [3.05, 3.63) is 59.2 Å². The number of carbonyl (C=O) groups is 1. The van der Waals surface area contributed by atoms with Crippen molar-refractivity contribution >= 4 is 6.09 Å². The number of aliphatic hydroxyl groups is 2. The predicted octanol–water partition coefficient (Wildman–Crippen LogP) is 5.63. The number of rotatable bonds is 3. The molecule has 1 heterocycles. The first-order valence-corrected chi connectivity index (χ1v) is 15.1. The van der Waals surface area contributed by atoms with Crippen LogP contribution in [-0.2, 0) is 14.2 Å². The Morgan fingerprint density at radius 3 is 2.46 bits per heavy atom. The van der Waals surface area contributed by atoms with Crippen LogP contribution in [0.5, 0.6) is 0 Å². The minimum absolute atomic E-state index is 0.0404. The first-order chi connectivity index (χ1) is 19.0. The zero-order valence-electron chi connectivity index (χ0n) is 26.0. The van der Waals surface area contributed by atoms with E-state index >= 15 is 0 Å². The lowest BCUT2D eigenvalue weighted by atomic mass is 9.57. The highest BCUT2D eigenvalue weighted by molar-refractivity contribution is 5.69. The Labute approximate surface area is 244 Å². The Kier molecular flexibility index (Phi) is 6.29. The Balaban J connectivity index is 1.45. The van der Waals surface area contributed by atoms with Gasteiger partial charge in [0.1, 0.15) is 11.7 Å². The molecule has 10 atom stereocenters. The number of hydrogen-bond donors (Lipinski definition) is 2. The summed E-state index contributed by atoms with van der Waals surface area (Å²) in [6, 6.07) is 9.57. The van der Waals surface area contributed by atoms with E-state index in [9.17, 15) is 15.0 Å². The topological polar surface area (TPSA) is 88.5 Å². The highest BCUT2D eigenvalue weighted by Gasteiger charge is 2.80. The van der Waals surface area contributed by atoms with E-state index in [-0.39, 0.29) is 35.3 Å². The van der Waals surface area contributed by atoms with E-state index in [2.05, 4.69) is 33.8 Å². The molecule has 1 amide bonds. The van der Waals surface area contributed by atoms with Gasteiger partial charge in [0.15, 0.2) is 11.9 Å². The summed E-state index contributed by atoms with van der Waals surface area (Å²) in [5.74, 6) is -0.889. The Morgan fingerprint density at radius 2 is 1.80 bits per heavy atom. The zero-order valence-corrected chi connectivity index (χ0v) is 26.0. The van der Waals surface area contributed by atoms with Gasteiger partial charge in [0, 0.05) is 13.0 Å². The SMILES string of the molecule is CC1=CC23C(C)CC4C(C)(C)C4(C)C(C=C4COC(C)(C)OC4C2(O)C1OC(=O)N(C)C(C)c1ccccc1)C3O. The van der Waals surface area contributed by atoms with Crippen molar-refractivity contribution in [2.45, 2.75) is 97.6 Å². The molecule has 4 aliphatic carbocycles. The van der Waals surface area contributed by atoms with Crippen LogP contribution in [0.3, 0.4) is 0 Å². The Morgan fingerprint density at radius 1 is 1.15 bits per heavy atom. The van der Waals surface area contributed by atoms with E-state index in [0.717, 1.165) is 23.1 Å². The fraction of sp³-hybridized carbons (Fsp3) is 0.676. The molecule has 7 nitrogen and oxygen atoms in total. The summed E-state index contributed by atoms with van der Waals surface area (Å²) in [5, 5.41) is 25.8. The maximum absolute atomic E-state index is 13.8. The van der Waals surface area contributed by atoms with Crippen molar-refractivity contribution in [2.24, 2.45) is 34.0 Å². The molecule has 41 heavy (non-hydrogen) atoms. The molecule has 6 rings (SSSR count). The van der Waals surface area contributed by atoms with Gasteiger partial charge in [-0.1, -0.05) is 70.2 Å². The zero-order chi connectivity index (χ0) is 29.9. The van der Waals surface area contributed by atoms with E-state index in [0.29, 0.717) is 5.92 Å². The van der Waals surface area contributed by atoms with Crippen LogP contribution in [0, 0.1) is 34.0 Å². The summed E-state index contributed by atoms with van der Waals surface area (Å²) >= 11 is 0. The second-order valence-corrected chi connectivity index (χ2v) is 14.7. The van der Waals surface area contributed by atoms with Crippen LogP contribution in [0.4, 0.5) is 4.79 Å². The molecule has 2 bridgehead atoms. The molecule has 1 aromatic carbocycles. The van der Waals surface area contributed by atoms with E-state index < -0.39 is 41.2 Å². The van der Waals surface area contributed by atoms with E-state index in [4.69, 9.17) is 14.2 Å². The molecule has 7 heteroatoms. The standard InChI is InChI=1S/C34H47NO6/c1-19-17-33-20(2)15-25-30(4,5)32(25,8)24(26(33)36)16-23-18-39-31(6,7)41-28(23)34(33,38)27(19)40-29(37)35(9)21(3)22-13-11-10-12-14-22/h10-14,16-17,20-21,24-28,36,38H,15,18H2,1-9H3. The van der Waals surface area contributed by atoms with Gasteiger partial charge in [0.05, 0.1) is 24.2 Å². The van der Waals surface area contributed by atoms with Crippen molar-refractivity contribution in [2.75, 3.05) is 13.7 Å². The summed E-state index contributed by atoms with van der Waals surface area (Å²) in [6.07, 6.45) is 1.75. The minimum Gasteiger partial charge on any atom is -0.438 e. The molecule has 2 saturated carbocycles. The summed E-state index contributed by atoms with van der Waals surface area (Å²) in [6.45, 7) is 16.8. The number of amides is 1. The Hall–Kier alpha value is -2.19. The fourth-order valence-electron chi connectivity index (χ4n) is 9.38. The van der Waals surface area contributed by atoms with Crippen LogP contribution in [0.15, 0.2) is 53.6 Å². The smallest absolute Gasteiger partial charge is 0.410 e. The third kappa shape index (κ3) is 3.62. The van der Waals surface area contributed by atoms with Crippen LogP contribution in [-0.4, -0.2) is 64.6 Å². The van der Waals surface area contributed by atoms with E-state index in [1.807, 2.05) is 64.1 Å². The minimum atomic E-state index is -1.73. The maximum Gasteiger partial charge on any atom is 0.410 e. The number of hydrogen-bond acceptors (Lipinski definition) is 6. The molecule has 1 spiro atoms. The van der Waals surface area contributed by atoms with Crippen LogP contribution in [0.1, 0.15) is 73.4 Å². The molecule has 1 aromatic rings. The third-order valence-corrected chi connectivity index (χ3v) is 12.3. The van der Waals surface area contributed by atoms with Crippen molar-refractivity contribution in [3.8, 4) is 0 Å². The van der Waals surface area contributed by atoms with Crippen molar-refractivity contribution < 1.29 is 29.2 Å². The second-order valence-electron chi connectivity index (χ2n) is 14.7. The fourth-order valence-corrected chi connectivity index (χ4v) is 9.38. The molecule has 1 saturated heterocycles. The number of nitrogens with zero attached hydrogens (tertiary/aromatic N) is 1. The molecule has 224 valence electrons. The molecular formula is C34H47NO6. The number of ether oxygens (including phenoxy) is 3. The molecular weight excluding hydrogens is 518 g/mol. The van der Waals surface area contributed by atoms with Gasteiger partial charge in [0.25, 0.3) is 0 Å². The highest BCUT2D eigenvalue weighted by Crippen LogP contribution is 2.80. The van der Waals surface area contributed by atoms with Crippen molar-refractivity contribution in [1.29, 1.82) is 0 Å². The normalized spacial score (nSPS) is 44.1. The van der Waals surface area contributed by atoms with Crippen LogP contribution < -0.4 is 0 Å². The van der Waals surface area contributed by atoms with E-state index in [1.165, 1.54) is 0 Å². The molecule has 3 fully saturated rings. The first-order valence-electron chi connectivity index (χ1n) is 15.1. The molecule has 5 aliphatic rings. The molecule has 1 aliphatic heterocycles. The molecule has 0 radical (unpaired) electrons. The lowest BCUT2D eigenvalue weighted by Gasteiger charge is -2.55. The highest BCUT2D eigenvalue weighted by atomic mass is 16.7. The lowest BCUT2D eigenvalue weighted by molar-refractivity contribution is -0.312.